The molecule has 4 nitrogen and oxygen atoms in total. The van der Waals surface area contributed by atoms with E-state index in [0.29, 0.717) is 13.2 Å². The zero-order valence-electron chi connectivity index (χ0n) is 27.3. The van der Waals surface area contributed by atoms with Gasteiger partial charge in [-0.05, 0) is 59.8 Å². The maximum Gasteiger partial charge on any atom is 0.151 e. The highest BCUT2D eigenvalue weighted by Crippen LogP contribution is 2.52. The number of anilines is 2. The standard InChI is InChI=1S/C42H38N2O2P2/c1-43-27-29-45-41-35(43)23-25-37(47(31-15-7-3-8-16-31)32-17-9-4-10-18-32)39(41)40-38(26-24-36-42(40)46-30-28-44(36)2)48(33-19-11-5-12-20-33)34-21-13-6-14-22-34/h3-26H,27-30H2,1-2H3. The molecule has 6 aromatic carbocycles. The first-order valence-electron chi connectivity index (χ1n) is 16.5. The second-order valence-corrected chi connectivity index (χ2v) is 16.5. The molecule has 0 aromatic heterocycles. The van der Waals surface area contributed by atoms with Gasteiger partial charge in [-0.3, -0.25) is 0 Å². The fourth-order valence-corrected chi connectivity index (χ4v) is 11.8. The largest absolute Gasteiger partial charge is 0.489 e. The van der Waals surface area contributed by atoms with Gasteiger partial charge in [0.2, 0.25) is 0 Å². The van der Waals surface area contributed by atoms with Crippen LogP contribution in [0.4, 0.5) is 11.4 Å². The first kappa shape index (κ1) is 30.7. The van der Waals surface area contributed by atoms with Crippen molar-refractivity contribution in [3.8, 4) is 22.6 Å². The number of rotatable bonds is 7. The van der Waals surface area contributed by atoms with Gasteiger partial charge in [-0.15, -0.1) is 0 Å². The van der Waals surface area contributed by atoms with E-state index in [1.807, 2.05) is 0 Å². The van der Waals surface area contributed by atoms with Gasteiger partial charge in [0, 0.05) is 25.2 Å². The number of ether oxygens (including phenoxy) is 2. The van der Waals surface area contributed by atoms with E-state index >= 15 is 0 Å². The summed E-state index contributed by atoms with van der Waals surface area (Å²) < 4.78 is 13.6. The van der Waals surface area contributed by atoms with Crippen molar-refractivity contribution >= 4 is 59.0 Å². The van der Waals surface area contributed by atoms with Crippen molar-refractivity contribution in [2.75, 3.05) is 50.2 Å². The summed E-state index contributed by atoms with van der Waals surface area (Å²) in [5.41, 5.74) is 4.54. The molecule has 0 N–H and O–H groups in total. The van der Waals surface area contributed by atoms with Crippen LogP contribution < -0.4 is 51.1 Å². The van der Waals surface area contributed by atoms with Gasteiger partial charge in [0.15, 0.2) is 11.5 Å². The maximum atomic E-state index is 6.81. The van der Waals surface area contributed by atoms with Crippen LogP contribution in [0.5, 0.6) is 11.5 Å². The Labute approximate surface area is 286 Å². The lowest BCUT2D eigenvalue weighted by molar-refractivity contribution is 0.308. The minimum atomic E-state index is -0.945. The number of likely N-dealkylation sites (N-methyl/N-ethyl adjacent to an activating group) is 2. The first-order chi connectivity index (χ1) is 23.7. The lowest BCUT2D eigenvalue weighted by atomic mass is 9.99. The van der Waals surface area contributed by atoms with Crippen LogP contribution in [0.1, 0.15) is 0 Å². The second-order valence-electron chi connectivity index (χ2n) is 12.2. The molecule has 0 aliphatic carbocycles. The topological polar surface area (TPSA) is 24.9 Å². The van der Waals surface area contributed by atoms with Crippen LogP contribution in [-0.2, 0) is 0 Å². The average molecular weight is 665 g/mol. The van der Waals surface area contributed by atoms with Crippen molar-refractivity contribution in [1.82, 2.24) is 0 Å². The average Bonchev–Trinajstić information content (AvgIpc) is 3.14. The van der Waals surface area contributed by atoms with E-state index in [1.165, 1.54) is 31.8 Å². The summed E-state index contributed by atoms with van der Waals surface area (Å²) in [7, 11) is 2.46. The number of hydrogen-bond donors (Lipinski definition) is 0. The molecule has 0 fully saturated rings. The van der Waals surface area contributed by atoms with Gasteiger partial charge in [0.05, 0.1) is 24.5 Å². The van der Waals surface area contributed by atoms with Crippen LogP contribution in [0.3, 0.4) is 0 Å². The van der Waals surface area contributed by atoms with Gasteiger partial charge in [-0.1, -0.05) is 133 Å². The second kappa shape index (κ2) is 13.5. The van der Waals surface area contributed by atoms with E-state index in [-0.39, 0.29) is 0 Å². The molecule has 0 saturated heterocycles. The normalized spacial score (nSPS) is 13.9. The minimum Gasteiger partial charge on any atom is -0.489 e. The summed E-state index contributed by atoms with van der Waals surface area (Å²) in [5.74, 6) is 1.89. The van der Waals surface area contributed by atoms with E-state index < -0.39 is 15.8 Å². The molecule has 0 bridgehead atoms. The molecule has 2 aliphatic rings. The van der Waals surface area contributed by atoms with E-state index in [9.17, 15) is 0 Å². The molecule has 0 amide bonds. The van der Waals surface area contributed by atoms with Crippen molar-refractivity contribution in [3.05, 3.63) is 146 Å². The molecule has 6 aromatic rings. The summed E-state index contributed by atoms with van der Waals surface area (Å²) in [6.45, 7) is 2.95. The van der Waals surface area contributed by atoms with Crippen molar-refractivity contribution in [2.24, 2.45) is 0 Å². The van der Waals surface area contributed by atoms with Gasteiger partial charge in [-0.2, -0.15) is 0 Å². The van der Waals surface area contributed by atoms with Crippen LogP contribution in [0.25, 0.3) is 11.1 Å². The van der Waals surface area contributed by atoms with Gasteiger partial charge < -0.3 is 19.3 Å². The van der Waals surface area contributed by atoms with E-state index in [2.05, 4.69) is 169 Å². The SMILES string of the molecule is CN1CCOc2c1ccc(P(c1ccccc1)c1ccccc1)c2-c1c(P(c2ccccc2)c2ccccc2)ccc2c1OCCN2C. The Balaban J connectivity index is 1.50. The summed E-state index contributed by atoms with van der Waals surface area (Å²) in [6.07, 6.45) is 0. The smallest absolute Gasteiger partial charge is 0.151 e. The highest BCUT2D eigenvalue weighted by molar-refractivity contribution is 7.80. The third-order valence-electron chi connectivity index (χ3n) is 9.19. The summed E-state index contributed by atoms with van der Waals surface area (Å²) in [6, 6.07) is 53.2. The van der Waals surface area contributed by atoms with Crippen LogP contribution in [0, 0.1) is 0 Å². The molecule has 0 unspecified atom stereocenters. The highest BCUT2D eigenvalue weighted by atomic mass is 31.1. The summed E-state index contributed by atoms with van der Waals surface area (Å²) in [5, 5.41) is 7.78. The lowest BCUT2D eigenvalue weighted by Gasteiger charge is -2.36. The zero-order chi connectivity index (χ0) is 32.5. The van der Waals surface area contributed by atoms with Gasteiger partial charge >= 0.3 is 0 Å². The van der Waals surface area contributed by atoms with E-state index in [1.54, 1.807) is 0 Å². The van der Waals surface area contributed by atoms with E-state index in [4.69, 9.17) is 9.47 Å². The fraction of sp³-hybridized carbons (Fsp3) is 0.143. The molecule has 0 atom stereocenters. The lowest BCUT2D eigenvalue weighted by Crippen LogP contribution is -2.34. The Bertz CT molecular complexity index is 1800. The van der Waals surface area contributed by atoms with Gasteiger partial charge in [0.25, 0.3) is 0 Å². The molecule has 48 heavy (non-hydrogen) atoms. The van der Waals surface area contributed by atoms with Gasteiger partial charge in [-0.25, -0.2) is 0 Å². The van der Waals surface area contributed by atoms with Crippen molar-refractivity contribution in [3.63, 3.8) is 0 Å². The molecule has 8 rings (SSSR count). The molecule has 2 aliphatic heterocycles. The van der Waals surface area contributed by atoms with Crippen LogP contribution >= 0.6 is 15.8 Å². The molecular weight excluding hydrogens is 626 g/mol. The highest BCUT2D eigenvalue weighted by Gasteiger charge is 2.35. The number of nitrogens with zero attached hydrogens (tertiary/aromatic N) is 2. The molecular formula is C42H38N2O2P2. The summed E-state index contributed by atoms with van der Waals surface area (Å²) in [4.78, 5) is 4.66. The quantitative estimate of drug-likeness (QED) is 0.182. The Kier molecular flexibility index (Phi) is 8.62. The van der Waals surface area contributed by atoms with Gasteiger partial charge in [0.1, 0.15) is 13.2 Å². The summed E-state index contributed by atoms with van der Waals surface area (Å²) >= 11 is 0. The Morgan fingerprint density at radius 2 is 0.729 bits per heavy atom. The molecule has 238 valence electrons. The minimum absolute atomic E-state index is 0.631. The third kappa shape index (κ3) is 5.64. The fourth-order valence-electron chi connectivity index (χ4n) is 6.84. The monoisotopic (exact) mass is 664 g/mol. The van der Waals surface area contributed by atoms with Crippen LogP contribution in [0.15, 0.2) is 146 Å². The predicted molar refractivity (Wildman–Crippen MR) is 207 cm³/mol. The Morgan fingerprint density at radius 3 is 1.04 bits per heavy atom. The third-order valence-corrected chi connectivity index (χ3v) is 14.2. The van der Waals surface area contributed by atoms with Crippen molar-refractivity contribution in [1.29, 1.82) is 0 Å². The Morgan fingerprint density at radius 1 is 0.417 bits per heavy atom. The first-order valence-corrected chi connectivity index (χ1v) is 19.2. The molecule has 0 radical (unpaired) electrons. The zero-order valence-corrected chi connectivity index (χ0v) is 29.1. The van der Waals surface area contributed by atoms with Crippen LogP contribution in [-0.4, -0.2) is 40.4 Å². The predicted octanol–water partition coefficient (Wildman–Crippen LogP) is 6.53. The number of fused-ring (bicyclic) bond motifs is 2. The van der Waals surface area contributed by atoms with Crippen molar-refractivity contribution < 1.29 is 9.47 Å². The molecule has 0 saturated carbocycles. The molecule has 6 heteroatoms. The van der Waals surface area contributed by atoms with E-state index in [0.717, 1.165) is 47.1 Å². The van der Waals surface area contributed by atoms with Crippen molar-refractivity contribution in [2.45, 2.75) is 0 Å². The number of hydrogen-bond acceptors (Lipinski definition) is 4. The molecule has 0 spiro atoms. The number of benzene rings is 6. The maximum absolute atomic E-state index is 6.81. The molecule has 2 heterocycles. The Hall–Kier alpha value is -4.62. The van der Waals surface area contributed by atoms with Crippen LogP contribution in [0.2, 0.25) is 0 Å².